The van der Waals surface area contributed by atoms with E-state index in [1.807, 2.05) is 11.8 Å². The smallest absolute Gasteiger partial charge is 0.00200 e. The van der Waals surface area contributed by atoms with Gasteiger partial charge >= 0.3 is 0 Å². The van der Waals surface area contributed by atoms with Crippen LogP contribution in [-0.4, -0.2) is 5.75 Å². The Hall–Kier alpha value is 0.0900. The van der Waals surface area contributed by atoms with Crippen molar-refractivity contribution in [2.45, 2.75) is 19.8 Å². The van der Waals surface area contributed by atoms with E-state index in [-0.39, 0.29) is 0 Å². The predicted octanol–water partition coefficient (Wildman–Crippen LogP) is 2.42. The molecule has 0 aromatic carbocycles. The highest BCUT2D eigenvalue weighted by atomic mass is 32.2. The molecule has 1 heterocycles. The van der Waals surface area contributed by atoms with Crippen LogP contribution in [0.25, 0.3) is 0 Å². The zero-order valence-electron chi connectivity index (χ0n) is 4.61. The first-order valence-corrected chi connectivity index (χ1v) is 3.70. The van der Waals surface area contributed by atoms with E-state index < -0.39 is 0 Å². The Bertz CT molecular complexity index is 76.2. The van der Waals surface area contributed by atoms with Gasteiger partial charge in [-0.3, -0.25) is 0 Å². The third-order valence-electron chi connectivity index (χ3n) is 1.18. The maximum absolute atomic E-state index is 2.22. The molecule has 40 valence electrons. The van der Waals surface area contributed by atoms with Gasteiger partial charge in [0.2, 0.25) is 0 Å². The summed E-state index contributed by atoms with van der Waals surface area (Å²) in [6, 6.07) is 0. The second-order valence-corrected chi connectivity index (χ2v) is 2.93. The molecule has 0 spiro atoms. The molecule has 1 saturated heterocycles. The maximum Gasteiger partial charge on any atom is -0.00200 e. The molecule has 0 aromatic rings. The topological polar surface area (TPSA) is 0 Å². The minimum absolute atomic E-state index is 1.33. The van der Waals surface area contributed by atoms with Crippen LogP contribution >= 0.6 is 11.8 Å². The fourth-order valence-electron chi connectivity index (χ4n) is 0.750. The molecule has 7 heavy (non-hydrogen) atoms. The van der Waals surface area contributed by atoms with Crippen LogP contribution in [0.4, 0.5) is 0 Å². The molecule has 0 amide bonds. The maximum atomic E-state index is 2.22. The molecule has 0 bridgehead atoms. The summed E-state index contributed by atoms with van der Waals surface area (Å²) in [6.07, 6.45) is 4.95. The van der Waals surface area contributed by atoms with Gasteiger partial charge in [0.25, 0.3) is 0 Å². The van der Waals surface area contributed by atoms with E-state index in [2.05, 4.69) is 13.0 Å². The van der Waals surface area contributed by atoms with Crippen LogP contribution in [0.2, 0.25) is 0 Å². The number of rotatable bonds is 0. The lowest BCUT2D eigenvalue weighted by Crippen LogP contribution is -1.60. The quantitative estimate of drug-likeness (QED) is 0.466. The molecule has 1 fully saturated rings. The van der Waals surface area contributed by atoms with Crippen molar-refractivity contribution in [2.75, 3.05) is 5.75 Å². The normalized spacial score (nSPS) is 26.7. The molecule has 1 aliphatic heterocycles. The van der Waals surface area contributed by atoms with Gasteiger partial charge in [-0.2, -0.15) is 0 Å². The lowest BCUT2D eigenvalue weighted by atomic mass is 10.3. The fraction of sp³-hybridized carbons (Fsp3) is 0.667. The number of hydrogen-bond acceptors (Lipinski definition) is 1. The van der Waals surface area contributed by atoms with Gasteiger partial charge in [0.05, 0.1) is 0 Å². The summed E-state index contributed by atoms with van der Waals surface area (Å²) in [4.78, 5) is 1.58. The number of hydrogen-bond donors (Lipinski definition) is 0. The van der Waals surface area contributed by atoms with Gasteiger partial charge in [0.1, 0.15) is 0 Å². The Morgan fingerprint density at radius 1 is 1.71 bits per heavy atom. The average Bonchev–Trinajstić information content (AvgIpc) is 2.14. The summed E-state index contributed by atoms with van der Waals surface area (Å²) in [5.41, 5.74) is 0. The van der Waals surface area contributed by atoms with Gasteiger partial charge in [0, 0.05) is 0 Å². The van der Waals surface area contributed by atoms with Crippen LogP contribution in [0, 0.1) is 0 Å². The summed E-state index contributed by atoms with van der Waals surface area (Å²) in [7, 11) is 0. The molecule has 1 aliphatic rings. The van der Waals surface area contributed by atoms with Crippen molar-refractivity contribution in [1.82, 2.24) is 0 Å². The molecule has 0 nitrogen and oxygen atoms in total. The van der Waals surface area contributed by atoms with Crippen molar-refractivity contribution in [3.63, 3.8) is 0 Å². The zero-order chi connectivity index (χ0) is 5.11. The van der Waals surface area contributed by atoms with Crippen molar-refractivity contribution in [1.29, 1.82) is 0 Å². The second-order valence-electron chi connectivity index (χ2n) is 1.71. The molecule has 0 aliphatic carbocycles. The first kappa shape index (κ1) is 5.23. The van der Waals surface area contributed by atoms with E-state index in [0.717, 1.165) is 0 Å². The summed E-state index contributed by atoms with van der Waals surface area (Å²) in [5.74, 6) is 1.35. The van der Waals surface area contributed by atoms with Crippen LogP contribution in [0.1, 0.15) is 19.8 Å². The van der Waals surface area contributed by atoms with Gasteiger partial charge in [-0.1, -0.05) is 6.08 Å². The SMILES string of the molecule is C/C=C1/CCCS1. The van der Waals surface area contributed by atoms with Crippen LogP contribution < -0.4 is 0 Å². The van der Waals surface area contributed by atoms with E-state index in [0.29, 0.717) is 0 Å². The molecule has 0 atom stereocenters. The van der Waals surface area contributed by atoms with E-state index in [1.165, 1.54) is 18.6 Å². The molecule has 1 rings (SSSR count). The van der Waals surface area contributed by atoms with Crippen LogP contribution in [0.15, 0.2) is 11.0 Å². The van der Waals surface area contributed by atoms with Gasteiger partial charge in [0.15, 0.2) is 0 Å². The minimum atomic E-state index is 1.33. The van der Waals surface area contributed by atoms with E-state index in [1.54, 1.807) is 4.91 Å². The monoisotopic (exact) mass is 114 g/mol. The van der Waals surface area contributed by atoms with Crippen molar-refractivity contribution >= 4 is 11.8 Å². The third-order valence-corrected chi connectivity index (χ3v) is 2.48. The van der Waals surface area contributed by atoms with Crippen molar-refractivity contribution < 1.29 is 0 Å². The molecule has 0 radical (unpaired) electrons. The van der Waals surface area contributed by atoms with Crippen molar-refractivity contribution in [3.8, 4) is 0 Å². The highest BCUT2D eigenvalue weighted by Gasteiger charge is 2.03. The lowest BCUT2D eigenvalue weighted by molar-refractivity contribution is 0.993. The summed E-state index contributed by atoms with van der Waals surface area (Å²) < 4.78 is 0. The highest BCUT2D eigenvalue weighted by Crippen LogP contribution is 2.29. The summed E-state index contributed by atoms with van der Waals surface area (Å²) >= 11 is 2.00. The van der Waals surface area contributed by atoms with Crippen LogP contribution in [-0.2, 0) is 0 Å². The van der Waals surface area contributed by atoms with E-state index in [9.17, 15) is 0 Å². The Kier molecular flexibility index (Phi) is 1.80. The Morgan fingerprint density at radius 2 is 2.57 bits per heavy atom. The first-order chi connectivity index (χ1) is 3.43. The Balaban J connectivity index is 2.41. The first-order valence-electron chi connectivity index (χ1n) is 2.71. The van der Waals surface area contributed by atoms with Crippen LogP contribution in [0.3, 0.4) is 0 Å². The minimum Gasteiger partial charge on any atom is -0.131 e. The summed E-state index contributed by atoms with van der Waals surface area (Å²) in [6.45, 7) is 2.12. The third kappa shape index (κ3) is 1.23. The fourth-order valence-corrected chi connectivity index (χ4v) is 1.76. The number of thioether (sulfide) groups is 1. The number of allylic oxidation sites excluding steroid dienone is 2. The molecule has 0 aromatic heterocycles. The second kappa shape index (κ2) is 2.41. The predicted molar refractivity (Wildman–Crippen MR) is 35.4 cm³/mol. The Labute approximate surface area is 49.0 Å². The molecular weight excluding hydrogens is 104 g/mol. The molecule has 1 heteroatoms. The zero-order valence-corrected chi connectivity index (χ0v) is 5.42. The summed E-state index contributed by atoms with van der Waals surface area (Å²) in [5, 5.41) is 0. The van der Waals surface area contributed by atoms with E-state index in [4.69, 9.17) is 0 Å². The van der Waals surface area contributed by atoms with Gasteiger partial charge < -0.3 is 0 Å². The molecule has 0 N–H and O–H groups in total. The van der Waals surface area contributed by atoms with Gasteiger partial charge in [-0.25, -0.2) is 0 Å². The standard InChI is InChI=1S/C6H10S/c1-2-6-4-3-5-7-6/h2H,3-5H2,1H3/b6-2-. The van der Waals surface area contributed by atoms with Crippen molar-refractivity contribution in [2.24, 2.45) is 0 Å². The molecule has 0 saturated carbocycles. The van der Waals surface area contributed by atoms with Gasteiger partial charge in [-0.05, 0) is 30.4 Å². The lowest BCUT2D eigenvalue weighted by Gasteiger charge is -1.85. The largest absolute Gasteiger partial charge is 0.131 e. The molecular formula is C6H10S. The van der Waals surface area contributed by atoms with E-state index >= 15 is 0 Å². The van der Waals surface area contributed by atoms with Crippen LogP contribution in [0.5, 0.6) is 0 Å². The molecule has 0 unspecified atom stereocenters. The highest BCUT2D eigenvalue weighted by molar-refractivity contribution is 8.03. The average molecular weight is 114 g/mol. The Morgan fingerprint density at radius 3 is 2.86 bits per heavy atom. The van der Waals surface area contributed by atoms with Gasteiger partial charge in [-0.15, -0.1) is 11.8 Å². The van der Waals surface area contributed by atoms with Crippen molar-refractivity contribution in [3.05, 3.63) is 11.0 Å².